The van der Waals surface area contributed by atoms with Crippen LogP contribution in [0.5, 0.6) is 5.75 Å². The third-order valence-corrected chi connectivity index (χ3v) is 2.33. The summed E-state index contributed by atoms with van der Waals surface area (Å²) in [5.41, 5.74) is 0.0284. The maximum Gasteiger partial charge on any atom is 0.341 e. The predicted octanol–water partition coefficient (Wildman–Crippen LogP) is 1.90. The zero-order valence-corrected chi connectivity index (χ0v) is 9.50. The highest BCUT2D eigenvalue weighted by molar-refractivity contribution is 5.88. The van der Waals surface area contributed by atoms with Crippen LogP contribution in [0, 0.1) is 5.82 Å². The summed E-state index contributed by atoms with van der Waals surface area (Å²) in [6.45, 7) is -0.279. The van der Waals surface area contributed by atoms with Crippen LogP contribution in [-0.4, -0.2) is 22.5 Å². The van der Waals surface area contributed by atoms with Gasteiger partial charge in [0.1, 0.15) is 18.5 Å². The van der Waals surface area contributed by atoms with Crippen molar-refractivity contribution in [2.75, 3.05) is 0 Å². The van der Waals surface area contributed by atoms with Gasteiger partial charge in [-0.25, -0.2) is 9.18 Å². The van der Waals surface area contributed by atoms with Gasteiger partial charge in [-0.1, -0.05) is 5.16 Å². The number of carboxylic acids is 1. The van der Waals surface area contributed by atoms with Gasteiger partial charge in [0.25, 0.3) is 0 Å². The monoisotopic (exact) mass is 265 g/mol. The zero-order chi connectivity index (χ0) is 13.8. The summed E-state index contributed by atoms with van der Waals surface area (Å²) >= 11 is 0. The fraction of sp³-hybridized carbons (Fsp3) is 0.0833. The molecule has 98 valence electrons. The lowest BCUT2D eigenvalue weighted by atomic mass is 10.2. The Morgan fingerprint density at radius 3 is 2.95 bits per heavy atom. The van der Waals surface area contributed by atoms with Gasteiger partial charge in [-0.3, -0.25) is 4.79 Å². The normalized spacial score (nSPS) is 10.2. The van der Waals surface area contributed by atoms with Crippen molar-refractivity contribution in [3.8, 4) is 5.75 Å². The number of carbonyl (C=O) groups excluding carboxylic acids is 1. The van der Waals surface area contributed by atoms with E-state index in [0.29, 0.717) is 6.29 Å². The molecule has 7 heteroatoms. The van der Waals surface area contributed by atoms with Crippen molar-refractivity contribution in [1.82, 2.24) is 5.16 Å². The molecule has 0 unspecified atom stereocenters. The highest BCUT2D eigenvalue weighted by atomic mass is 19.1. The second-order valence-corrected chi connectivity index (χ2v) is 3.56. The number of carboxylic acid groups (broad SMARTS) is 1. The fourth-order valence-corrected chi connectivity index (χ4v) is 1.39. The first-order chi connectivity index (χ1) is 9.11. The number of aldehydes is 1. The van der Waals surface area contributed by atoms with Crippen LogP contribution in [0.15, 0.2) is 28.9 Å². The molecule has 2 rings (SSSR count). The van der Waals surface area contributed by atoms with Gasteiger partial charge in [-0.15, -0.1) is 0 Å². The maximum atomic E-state index is 13.5. The van der Waals surface area contributed by atoms with E-state index in [1.54, 1.807) is 0 Å². The number of halogens is 1. The van der Waals surface area contributed by atoms with E-state index in [1.807, 2.05) is 0 Å². The van der Waals surface area contributed by atoms with E-state index in [0.717, 1.165) is 12.3 Å². The molecular weight excluding hydrogens is 257 g/mol. The standard InChI is InChI=1S/C12H8FNO5/c13-9-3-7(5-15)1-2-10(9)18-6-11-8(12(16)17)4-14-19-11/h1-5H,6H2,(H,16,17). The summed E-state index contributed by atoms with van der Waals surface area (Å²) in [6, 6.07) is 3.67. The fourth-order valence-electron chi connectivity index (χ4n) is 1.39. The van der Waals surface area contributed by atoms with Crippen molar-refractivity contribution in [3.05, 3.63) is 47.1 Å². The number of hydrogen-bond acceptors (Lipinski definition) is 5. The van der Waals surface area contributed by atoms with Gasteiger partial charge < -0.3 is 14.4 Å². The summed E-state index contributed by atoms with van der Waals surface area (Å²) in [5.74, 6) is -2.07. The number of nitrogens with zero attached hydrogens (tertiary/aromatic N) is 1. The van der Waals surface area contributed by atoms with Gasteiger partial charge in [0.05, 0.1) is 6.20 Å². The van der Waals surface area contributed by atoms with Gasteiger partial charge >= 0.3 is 5.97 Å². The Hall–Kier alpha value is -2.70. The summed E-state index contributed by atoms with van der Waals surface area (Å²) in [6.07, 6.45) is 1.54. The molecule has 0 saturated carbocycles. The van der Waals surface area contributed by atoms with Crippen molar-refractivity contribution in [1.29, 1.82) is 0 Å². The number of aromatic nitrogens is 1. The molecule has 19 heavy (non-hydrogen) atoms. The first-order valence-electron chi connectivity index (χ1n) is 5.16. The van der Waals surface area contributed by atoms with Crippen LogP contribution in [0.3, 0.4) is 0 Å². The Kier molecular flexibility index (Phi) is 3.56. The number of carbonyl (C=O) groups is 2. The highest BCUT2D eigenvalue weighted by Crippen LogP contribution is 2.20. The second-order valence-electron chi connectivity index (χ2n) is 3.56. The quantitative estimate of drug-likeness (QED) is 0.830. The lowest BCUT2D eigenvalue weighted by Crippen LogP contribution is -2.03. The lowest BCUT2D eigenvalue weighted by molar-refractivity contribution is 0.0691. The molecule has 0 saturated heterocycles. The molecule has 0 aliphatic rings. The molecule has 0 atom stereocenters. The van der Waals surface area contributed by atoms with Gasteiger partial charge in [-0.05, 0) is 18.2 Å². The van der Waals surface area contributed by atoms with Crippen LogP contribution in [0.4, 0.5) is 4.39 Å². The third kappa shape index (κ3) is 2.76. The van der Waals surface area contributed by atoms with Gasteiger partial charge in [0.15, 0.2) is 17.3 Å². The summed E-state index contributed by atoms with van der Waals surface area (Å²) < 4.78 is 23.3. The van der Waals surface area contributed by atoms with Crippen LogP contribution in [0.2, 0.25) is 0 Å². The highest BCUT2D eigenvalue weighted by Gasteiger charge is 2.16. The van der Waals surface area contributed by atoms with Crippen molar-refractivity contribution in [3.63, 3.8) is 0 Å². The van der Waals surface area contributed by atoms with E-state index in [-0.39, 0.29) is 29.2 Å². The Balaban J connectivity index is 2.12. The predicted molar refractivity (Wildman–Crippen MR) is 59.6 cm³/mol. The van der Waals surface area contributed by atoms with Crippen LogP contribution in [0.1, 0.15) is 26.5 Å². The summed E-state index contributed by atoms with van der Waals surface area (Å²) in [5, 5.41) is 12.1. The smallest absolute Gasteiger partial charge is 0.341 e. The first-order valence-corrected chi connectivity index (χ1v) is 5.16. The lowest BCUT2D eigenvalue weighted by Gasteiger charge is -2.05. The van der Waals surface area contributed by atoms with E-state index in [1.165, 1.54) is 12.1 Å². The first kappa shape index (κ1) is 12.7. The molecule has 0 aliphatic heterocycles. The minimum absolute atomic E-state index is 0.0219. The molecule has 1 heterocycles. The molecule has 0 aliphatic carbocycles. The van der Waals surface area contributed by atoms with E-state index in [4.69, 9.17) is 14.4 Å². The van der Waals surface area contributed by atoms with E-state index < -0.39 is 11.8 Å². The number of rotatable bonds is 5. The van der Waals surface area contributed by atoms with E-state index in [9.17, 15) is 14.0 Å². The molecule has 2 aromatic rings. The zero-order valence-electron chi connectivity index (χ0n) is 9.50. The van der Waals surface area contributed by atoms with Crippen LogP contribution in [-0.2, 0) is 6.61 Å². The molecular formula is C12H8FNO5. The van der Waals surface area contributed by atoms with Gasteiger partial charge in [0.2, 0.25) is 0 Å². The Morgan fingerprint density at radius 1 is 1.53 bits per heavy atom. The molecule has 0 radical (unpaired) electrons. The van der Waals surface area contributed by atoms with Gasteiger partial charge in [0, 0.05) is 5.56 Å². The summed E-state index contributed by atoms with van der Waals surface area (Å²) in [4.78, 5) is 21.2. The topological polar surface area (TPSA) is 89.6 Å². The van der Waals surface area contributed by atoms with E-state index in [2.05, 4.69) is 5.16 Å². The van der Waals surface area contributed by atoms with E-state index >= 15 is 0 Å². The molecule has 0 amide bonds. The average Bonchev–Trinajstić information content (AvgIpc) is 2.85. The number of ether oxygens (including phenoxy) is 1. The van der Waals surface area contributed by atoms with Crippen molar-refractivity contribution < 1.29 is 28.3 Å². The molecule has 6 nitrogen and oxygen atoms in total. The number of aromatic carboxylic acids is 1. The van der Waals surface area contributed by atoms with Crippen molar-refractivity contribution in [2.45, 2.75) is 6.61 Å². The van der Waals surface area contributed by atoms with Crippen LogP contribution >= 0.6 is 0 Å². The SMILES string of the molecule is O=Cc1ccc(OCc2oncc2C(=O)O)c(F)c1. The Labute approximate surface area is 106 Å². The third-order valence-electron chi connectivity index (χ3n) is 2.33. The number of benzene rings is 1. The van der Waals surface area contributed by atoms with Crippen molar-refractivity contribution >= 4 is 12.3 Å². The largest absolute Gasteiger partial charge is 0.482 e. The summed E-state index contributed by atoms with van der Waals surface area (Å²) in [7, 11) is 0. The number of hydrogen-bond donors (Lipinski definition) is 1. The van der Waals surface area contributed by atoms with Crippen LogP contribution in [0.25, 0.3) is 0 Å². The van der Waals surface area contributed by atoms with Crippen LogP contribution < -0.4 is 4.74 Å². The Morgan fingerprint density at radius 2 is 2.32 bits per heavy atom. The molecule has 0 fully saturated rings. The van der Waals surface area contributed by atoms with Crippen molar-refractivity contribution in [2.24, 2.45) is 0 Å². The maximum absolute atomic E-state index is 13.5. The molecule has 0 spiro atoms. The molecule has 1 aromatic heterocycles. The second kappa shape index (κ2) is 5.30. The Bertz CT molecular complexity index is 622. The minimum atomic E-state index is -1.21. The molecule has 1 N–H and O–H groups in total. The average molecular weight is 265 g/mol. The molecule has 1 aromatic carbocycles. The minimum Gasteiger partial charge on any atom is -0.482 e. The molecule has 0 bridgehead atoms. The van der Waals surface area contributed by atoms with Gasteiger partial charge in [-0.2, -0.15) is 0 Å².